The summed E-state index contributed by atoms with van der Waals surface area (Å²) in [6.45, 7) is 1.77. The fraction of sp³-hybridized carbons (Fsp3) is 0.278. The van der Waals surface area contributed by atoms with Gasteiger partial charge in [-0.15, -0.1) is 0 Å². The molecule has 3 rings (SSSR count). The number of nitro benzene ring substituents is 2. The molecule has 27 heavy (non-hydrogen) atoms. The summed E-state index contributed by atoms with van der Waals surface area (Å²) in [7, 11) is 0. The lowest BCUT2D eigenvalue weighted by Gasteiger charge is -2.24. The number of nitrogens with one attached hydrogen (secondary N) is 2. The van der Waals surface area contributed by atoms with Crippen LogP contribution < -0.4 is 10.6 Å². The molecule has 1 saturated heterocycles. The predicted octanol–water partition coefficient (Wildman–Crippen LogP) is 3.22. The Morgan fingerprint density at radius 1 is 1.00 bits per heavy atom. The molecule has 9 heteroatoms. The number of hydrogen-bond acceptors (Lipinski definition) is 6. The van der Waals surface area contributed by atoms with Gasteiger partial charge >= 0.3 is 11.4 Å². The maximum atomic E-state index is 12.7. The standard InChI is InChI=1S/C18H18N4O5/c23-18(15-4-2-1-3-14(15)12-7-9-19-10-8-12)20-13-5-6-16(21(24)25)17(11-13)22(26)27/h1-6,11-12,19H,7-10H2,(H,20,23). The first-order valence-corrected chi connectivity index (χ1v) is 8.51. The monoisotopic (exact) mass is 370 g/mol. The van der Waals surface area contributed by atoms with Crippen molar-refractivity contribution in [1.82, 2.24) is 5.32 Å². The number of benzene rings is 2. The second-order valence-corrected chi connectivity index (χ2v) is 6.28. The quantitative estimate of drug-likeness (QED) is 0.614. The zero-order valence-electron chi connectivity index (χ0n) is 14.4. The summed E-state index contributed by atoms with van der Waals surface area (Å²) in [5, 5.41) is 27.9. The lowest BCUT2D eigenvalue weighted by atomic mass is 9.87. The highest BCUT2D eigenvalue weighted by molar-refractivity contribution is 6.05. The van der Waals surface area contributed by atoms with E-state index in [1.165, 1.54) is 6.07 Å². The van der Waals surface area contributed by atoms with Gasteiger partial charge in [0.2, 0.25) is 0 Å². The molecule has 2 N–H and O–H groups in total. The van der Waals surface area contributed by atoms with Gasteiger partial charge in [-0.05, 0) is 49.5 Å². The van der Waals surface area contributed by atoms with Crippen molar-refractivity contribution >= 4 is 23.0 Å². The highest BCUT2D eigenvalue weighted by Gasteiger charge is 2.25. The van der Waals surface area contributed by atoms with Gasteiger partial charge in [-0.3, -0.25) is 25.0 Å². The number of anilines is 1. The van der Waals surface area contributed by atoms with E-state index < -0.39 is 27.1 Å². The highest BCUT2D eigenvalue weighted by Crippen LogP contribution is 2.31. The third kappa shape index (κ3) is 4.09. The van der Waals surface area contributed by atoms with Crippen LogP contribution in [0.3, 0.4) is 0 Å². The van der Waals surface area contributed by atoms with Crippen LogP contribution in [0.5, 0.6) is 0 Å². The molecule has 140 valence electrons. The number of rotatable bonds is 5. The van der Waals surface area contributed by atoms with Crippen molar-refractivity contribution in [2.45, 2.75) is 18.8 Å². The normalized spacial score (nSPS) is 14.5. The minimum Gasteiger partial charge on any atom is -0.322 e. The van der Waals surface area contributed by atoms with E-state index in [-0.39, 0.29) is 11.6 Å². The zero-order chi connectivity index (χ0) is 19.4. The molecular formula is C18H18N4O5. The van der Waals surface area contributed by atoms with Crippen molar-refractivity contribution < 1.29 is 14.6 Å². The molecule has 9 nitrogen and oxygen atoms in total. The molecule has 2 aromatic carbocycles. The third-order valence-corrected chi connectivity index (χ3v) is 4.61. The fourth-order valence-electron chi connectivity index (χ4n) is 3.29. The van der Waals surface area contributed by atoms with Crippen molar-refractivity contribution in [1.29, 1.82) is 0 Å². The van der Waals surface area contributed by atoms with Crippen molar-refractivity contribution in [2.24, 2.45) is 0 Å². The second-order valence-electron chi connectivity index (χ2n) is 6.28. The SMILES string of the molecule is O=C(Nc1ccc([N+](=O)[O-])c([N+](=O)[O-])c1)c1ccccc1C1CCNCC1. The van der Waals surface area contributed by atoms with Gasteiger partial charge in [0.05, 0.1) is 9.85 Å². The molecule has 0 bridgehead atoms. The lowest BCUT2D eigenvalue weighted by Crippen LogP contribution is -2.28. The third-order valence-electron chi connectivity index (χ3n) is 4.61. The molecule has 0 aromatic heterocycles. The number of amides is 1. The summed E-state index contributed by atoms with van der Waals surface area (Å²) in [5.41, 5.74) is 0.299. The van der Waals surface area contributed by atoms with E-state index in [1.54, 1.807) is 12.1 Å². The van der Waals surface area contributed by atoms with Crippen molar-refractivity contribution in [3.05, 3.63) is 73.8 Å². The van der Waals surface area contributed by atoms with Crippen LogP contribution >= 0.6 is 0 Å². The number of hydrogen-bond donors (Lipinski definition) is 2. The Labute approximate surface area is 154 Å². The molecule has 0 spiro atoms. The second kappa shape index (κ2) is 7.92. The molecule has 0 atom stereocenters. The summed E-state index contributed by atoms with van der Waals surface area (Å²) in [4.78, 5) is 33.1. The number of carbonyl (C=O) groups excluding carboxylic acids is 1. The summed E-state index contributed by atoms with van der Waals surface area (Å²) in [5.74, 6) is -0.133. The Hall–Kier alpha value is -3.33. The molecule has 1 amide bonds. The first-order valence-electron chi connectivity index (χ1n) is 8.51. The van der Waals surface area contributed by atoms with Gasteiger partial charge in [0.25, 0.3) is 5.91 Å². The lowest BCUT2D eigenvalue weighted by molar-refractivity contribution is -0.422. The van der Waals surface area contributed by atoms with Crippen LogP contribution in [-0.2, 0) is 0 Å². The van der Waals surface area contributed by atoms with Crippen LogP contribution in [0.4, 0.5) is 17.1 Å². The Bertz CT molecular complexity index is 893. The minimum absolute atomic E-state index is 0.136. The van der Waals surface area contributed by atoms with E-state index in [0.29, 0.717) is 5.56 Å². The van der Waals surface area contributed by atoms with Gasteiger partial charge in [-0.1, -0.05) is 18.2 Å². The highest BCUT2D eigenvalue weighted by atomic mass is 16.6. The van der Waals surface area contributed by atoms with Gasteiger partial charge in [0.1, 0.15) is 0 Å². The molecule has 1 aliphatic rings. The molecule has 0 radical (unpaired) electrons. The number of carbonyl (C=O) groups is 1. The molecular weight excluding hydrogens is 352 g/mol. The minimum atomic E-state index is -0.837. The van der Waals surface area contributed by atoms with Crippen molar-refractivity contribution in [3.8, 4) is 0 Å². The first-order chi connectivity index (χ1) is 13.0. The number of nitro groups is 2. The molecule has 1 fully saturated rings. The Morgan fingerprint density at radius 3 is 2.33 bits per heavy atom. The topological polar surface area (TPSA) is 127 Å². The smallest absolute Gasteiger partial charge is 0.322 e. The van der Waals surface area contributed by atoms with Crippen LogP contribution in [0.1, 0.15) is 34.7 Å². The van der Waals surface area contributed by atoms with Gasteiger partial charge in [0, 0.05) is 23.4 Å². The van der Waals surface area contributed by atoms with Crippen LogP contribution in [0.15, 0.2) is 42.5 Å². The maximum Gasteiger partial charge on any atom is 0.348 e. The van der Waals surface area contributed by atoms with Gasteiger partial charge in [-0.25, -0.2) is 0 Å². The van der Waals surface area contributed by atoms with Crippen LogP contribution in [0, 0.1) is 20.2 Å². The Kier molecular flexibility index (Phi) is 5.41. The Balaban J connectivity index is 1.87. The fourth-order valence-corrected chi connectivity index (χ4v) is 3.29. The molecule has 0 unspecified atom stereocenters. The average molecular weight is 370 g/mol. The van der Waals surface area contributed by atoms with Crippen LogP contribution in [-0.4, -0.2) is 28.8 Å². The molecule has 1 heterocycles. The van der Waals surface area contributed by atoms with E-state index in [9.17, 15) is 25.0 Å². The van der Waals surface area contributed by atoms with E-state index in [2.05, 4.69) is 10.6 Å². The number of piperidine rings is 1. The largest absolute Gasteiger partial charge is 0.348 e. The van der Waals surface area contributed by atoms with Gasteiger partial charge in [0.15, 0.2) is 0 Å². The average Bonchev–Trinajstić information content (AvgIpc) is 2.68. The molecule has 0 saturated carbocycles. The number of nitrogens with zero attached hydrogens (tertiary/aromatic N) is 2. The van der Waals surface area contributed by atoms with Crippen molar-refractivity contribution in [2.75, 3.05) is 18.4 Å². The van der Waals surface area contributed by atoms with E-state index in [4.69, 9.17) is 0 Å². The molecule has 1 aliphatic heterocycles. The van der Waals surface area contributed by atoms with Gasteiger partial charge in [-0.2, -0.15) is 0 Å². The zero-order valence-corrected chi connectivity index (χ0v) is 14.4. The maximum absolute atomic E-state index is 12.7. The van der Waals surface area contributed by atoms with Crippen LogP contribution in [0.2, 0.25) is 0 Å². The molecule has 0 aliphatic carbocycles. The van der Waals surface area contributed by atoms with E-state index in [0.717, 1.165) is 43.6 Å². The molecule has 2 aromatic rings. The Morgan fingerprint density at radius 2 is 1.67 bits per heavy atom. The summed E-state index contributed by atoms with van der Waals surface area (Å²) in [6, 6.07) is 10.6. The van der Waals surface area contributed by atoms with Gasteiger partial charge < -0.3 is 10.6 Å². The first kappa shape index (κ1) is 18.5. The van der Waals surface area contributed by atoms with Crippen molar-refractivity contribution in [3.63, 3.8) is 0 Å². The van der Waals surface area contributed by atoms with E-state index >= 15 is 0 Å². The van der Waals surface area contributed by atoms with Crippen LogP contribution in [0.25, 0.3) is 0 Å². The summed E-state index contributed by atoms with van der Waals surface area (Å²) < 4.78 is 0. The predicted molar refractivity (Wildman–Crippen MR) is 99.0 cm³/mol. The van der Waals surface area contributed by atoms with E-state index in [1.807, 2.05) is 12.1 Å². The summed E-state index contributed by atoms with van der Waals surface area (Å²) in [6.07, 6.45) is 1.85. The summed E-state index contributed by atoms with van der Waals surface area (Å²) >= 11 is 0.